The van der Waals surface area contributed by atoms with Gasteiger partial charge in [-0.15, -0.1) is 5.10 Å². The van der Waals surface area contributed by atoms with Crippen molar-refractivity contribution in [3.63, 3.8) is 0 Å². The molecule has 0 aliphatic rings. The van der Waals surface area contributed by atoms with E-state index in [0.717, 1.165) is 16.8 Å². The quantitative estimate of drug-likeness (QED) is 0.803. The molecule has 3 aromatic rings. The van der Waals surface area contributed by atoms with Gasteiger partial charge in [-0.25, -0.2) is 9.48 Å². The number of pyridine rings is 1. The van der Waals surface area contributed by atoms with E-state index in [1.165, 1.54) is 0 Å². The van der Waals surface area contributed by atoms with Crippen molar-refractivity contribution in [3.8, 4) is 16.9 Å². The van der Waals surface area contributed by atoms with Gasteiger partial charge in [0.2, 0.25) is 0 Å². The molecule has 22 heavy (non-hydrogen) atoms. The van der Waals surface area contributed by atoms with Crippen LogP contribution in [0.2, 0.25) is 0 Å². The van der Waals surface area contributed by atoms with Gasteiger partial charge in [0.15, 0.2) is 5.69 Å². The van der Waals surface area contributed by atoms with Crippen molar-refractivity contribution >= 4 is 5.97 Å². The molecule has 0 radical (unpaired) electrons. The van der Waals surface area contributed by atoms with Crippen molar-refractivity contribution in [2.75, 3.05) is 0 Å². The number of hydrogen-bond acceptors (Lipinski definition) is 4. The van der Waals surface area contributed by atoms with E-state index in [4.69, 9.17) is 0 Å². The molecule has 0 saturated carbocycles. The number of aromatic nitrogens is 4. The lowest BCUT2D eigenvalue weighted by molar-refractivity contribution is 0.0691. The van der Waals surface area contributed by atoms with Crippen molar-refractivity contribution in [1.29, 1.82) is 0 Å². The normalized spacial score (nSPS) is 10.6. The average Bonchev–Trinajstić information content (AvgIpc) is 2.96. The summed E-state index contributed by atoms with van der Waals surface area (Å²) in [6.45, 7) is 3.97. The number of carbonyl (C=O) groups is 1. The van der Waals surface area contributed by atoms with Gasteiger partial charge in [-0.1, -0.05) is 17.3 Å². The van der Waals surface area contributed by atoms with Crippen molar-refractivity contribution in [2.45, 2.75) is 13.8 Å². The van der Waals surface area contributed by atoms with Crippen LogP contribution in [0.5, 0.6) is 0 Å². The summed E-state index contributed by atoms with van der Waals surface area (Å²) < 4.78 is 1.56. The Bertz CT molecular complexity index is 841. The van der Waals surface area contributed by atoms with Gasteiger partial charge >= 0.3 is 5.97 Å². The Kier molecular flexibility index (Phi) is 3.42. The van der Waals surface area contributed by atoms with Crippen LogP contribution in [0.3, 0.4) is 0 Å². The standard InChI is InChI=1S/C16H14N4O2/c1-10-5-3-7-13(11(10)2)20-15(12-6-4-8-17-9-12)14(16(21)22)18-19-20/h3-9H,1-2H3,(H,21,22). The molecule has 0 aliphatic carbocycles. The molecule has 0 amide bonds. The maximum atomic E-state index is 11.5. The number of carboxylic acids is 1. The van der Waals surface area contributed by atoms with Crippen LogP contribution in [0.25, 0.3) is 16.9 Å². The number of carboxylic acid groups (broad SMARTS) is 1. The van der Waals surface area contributed by atoms with Crippen molar-refractivity contribution in [3.05, 3.63) is 59.5 Å². The van der Waals surface area contributed by atoms with Gasteiger partial charge in [0.05, 0.1) is 5.69 Å². The Balaban J connectivity index is 2.30. The minimum absolute atomic E-state index is 0.0890. The van der Waals surface area contributed by atoms with Gasteiger partial charge in [-0.2, -0.15) is 0 Å². The molecule has 6 nitrogen and oxygen atoms in total. The lowest BCUT2D eigenvalue weighted by Gasteiger charge is -2.11. The predicted molar refractivity (Wildman–Crippen MR) is 81.0 cm³/mol. The van der Waals surface area contributed by atoms with Gasteiger partial charge in [-0.3, -0.25) is 4.98 Å². The fourth-order valence-electron chi connectivity index (χ4n) is 2.32. The number of hydrogen-bond donors (Lipinski definition) is 1. The fourth-order valence-corrected chi connectivity index (χ4v) is 2.32. The molecule has 0 spiro atoms. The highest BCUT2D eigenvalue weighted by Crippen LogP contribution is 2.27. The van der Waals surface area contributed by atoms with E-state index in [2.05, 4.69) is 15.3 Å². The highest BCUT2D eigenvalue weighted by atomic mass is 16.4. The SMILES string of the molecule is Cc1cccc(-n2nnc(C(=O)O)c2-c2cccnc2)c1C. The first-order valence-corrected chi connectivity index (χ1v) is 6.75. The Morgan fingerprint density at radius 1 is 1.18 bits per heavy atom. The second-order valence-electron chi connectivity index (χ2n) is 4.96. The molecule has 6 heteroatoms. The maximum Gasteiger partial charge on any atom is 0.358 e. The predicted octanol–water partition coefficient (Wildman–Crippen LogP) is 2.64. The van der Waals surface area contributed by atoms with Crippen LogP contribution in [0.1, 0.15) is 21.6 Å². The van der Waals surface area contributed by atoms with E-state index in [0.29, 0.717) is 11.3 Å². The summed E-state index contributed by atoms with van der Waals surface area (Å²) in [7, 11) is 0. The summed E-state index contributed by atoms with van der Waals surface area (Å²) in [6, 6.07) is 9.34. The zero-order chi connectivity index (χ0) is 15.7. The van der Waals surface area contributed by atoms with Crippen LogP contribution in [0.4, 0.5) is 0 Å². The molecule has 0 bridgehead atoms. The first kappa shape index (κ1) is 13.9. The van der Waals surface area contributed by atoms with Crippen molar-refractivity contribution in [1.82, 2.24) is 20.0 Å². The number of aryl methyl sites for hydroxylation is 1. The minimum atomic E-state index is -1.12. The first-order valence-electron chi connectivity index (χ1n) is 6.75. The van der Waals surface area contributed by atoms with Gasteiger partial charge in [0.1, 0.15) is 5.69 Å². The van der Waals surface area contributed by atoms with E-state index in [9.17, 15) is 9.90 Å². The summed E-state index contributed by atoms with van der Waals surface area (Å²) in [5.41, 5.74) is 3.92. The number of aromatic carboxylic acids is 1. The van der Waals surface area contributed by atoms with Gasteiger partial charge in [-0.05, 0) is 43.2 Å². The zero-order valence-electron chi connectivity index (χ0n) is 12.2. The first-order chi connectivity index (χ1) is 10.6. The molecule has 0 atom stereocenters. The van der Waals surface area contributed by atoms with Crippen molar-refractivity contribution < 1.29 is 9.90 Å². The largest absolute Gasteiger partial charge is 0.476 e. The zero-order valence-corrected chi connectivity index (χ0v) is 12.2. The Morgan fingerprint density at radius 3 is 2.68 bits per heavy atom. The fraction of sp³-hybridized carbons (Fsp3) is 0.125. The number of benzene rings is 1. The molecule has 0 fully saturated rings. The molecule has 1 aromatic carbocycles. The Labute approximate surface area is 127 Å². The van der Waals surface area contributed by atoms with E-state index >= 15 is 0 Å². The molecule has 3 rings (SSSR count). The van der Waals surface area contributed by atoms with Gasteiger partial charge in [0.25, 0.3) is 0 Å². The highest BCUT2D eigenvalue weighted by molar-refractivity contribution is 5.93. The van der Waals surface area contributed by atoms with E-state index in [1.54, 1.807) is 29.2 Å². The lowest BCUT2D eigenvalue weighted by Crippen LogP contribution is -2.05. The monoisotopic (exact) mass is 294 g/mol. The lowest BCUT2D eigenvalue weighted by atomic mass is 10.1. The minimum Gasteiger partial charge on any atom is -0.476 e. The number of rotatable bonds is 3. The van der Waals surface area contributed by atoms with Crippen LogP contribution in [-0.2, 0) is 0 Å². The topological polar surface area (TPSA) is 80.9 Å². The second-order valence-corrected chi connectivity index (χ2v) is 4.96. The number of nitrogens with zero attached hydrogens (tertiary/aromatic N) is 4. The molecular formula is C16H14N4O2. The molecule has 2 aromatic heterocycles. The maximum absolute atomic E-state index is 11.5. The van der Waals surface area contributed by atoms with Gasteiger partial charge in [0, 0.05) is 18.0 Å². The van der Waals surface area contributed by atoms with Crippen molar-refractivity contribution in [2.24, 2.45) is 0 Å². The molecular weight excluding hydrogens is 280 g/mol. The third kappa shape index (κ3) is 2.24. The van der Waals surface area contributed by atoms with E-state index in [1.807, 2.05) is 32.0 Å². The van der Waals surface area contributed by atoms with Crippen LogP contribution in [0, 0.1) is 13.8 Å². The van der Waals surface area contributed by atoms with Gasteiger partial charge < -0.3 is 5.11 Å². The van der Waals surface area contributed by atoms with E-state index < -0.39 is 5.97 Å². The molecule has 0 aliphatic heterocycles. The van der Waals surface area contributed by atoms with Crippen LogP contribution >= 0.6 is 0 Å². The van der Waals surface area contributed by atoms with Crippen LogP contribution < -0.4 is 0 Å². The highest BCUT2D eigenvalue weighted by Gasteiger charge is 2.22. The molecule has 0 saturated heterocycles. The summed E-state index contributed by atoms with van der Waals surface area (Å²) in [6.07, 6.45) is 3.24. The average molecular weight is 294 g/mol. The van der Waals surface area contributed by atoms with Crippen LogP contribution in [-0.4, -0.2) is 31.1 Å². The second kappa shape index (κ2) is 5.40. The molecule has 0 unspecified atom stereocenters. The van der Waals surface area contributed by atoms with Crippen LogP contribution in [0.15, 0.2) is 42.7 Å². The summed E-state index contributed by atoms with van der Waals surface area (Å²) in [4.78, 5) is 15.5. The Hall–Kier alpha value is -3.02. The van der Waals surface area contributed by atoms with E-state index in [-0.39, 0.29) is 5.69 Å². The summed E-state index contributed by atoms with van der Waals surface area (Å²) >= 11 is 0. The molecule has 1 N–H and O–H groups in total. The molecule has 110 valence electrons. The smallest absolute Gasteiger partial charge is 0.358 e. The third-order valence-electron chi connectivity index (χ3n) is 3.61. The summed E-state index contributed by atoms with van der Waals surface area (Å²) in [5, 5.41) is 17.2. The third-order valence-corrected chi connectivity index (χ3v) is 3.61. The summed E-state index contributed by atoms with van der Waals surface area (Å²) in [5.74, 6) is -1.12. The molecule has 2 heterocycles. The Morgan fingerprint density at radius 2 is 2.00 bits per heavy atom.